The fraction of sp³-hybridized carbons (Fsp3) is 0.381. The van der Waals surface area contributed by atoms with E-state index in [1.807, 2.05) is 59.5 Å². The molecule has 5 heteroatoms. The van der Waals surface area contributed by atoms with Crippen molar-refractivity contribution in [1.82, 2.24) is 4.90 Å². The summed E-state index contributed by atoms with van der Waals surface area (Å²) < 4.78 is 11.2. The van der Waals surface area contributed by atoms with E-state index in [9.17, 15) is 4.79 Å². The quantitative estimate of drug-likeness (QED) is 0.866. The number of rotatable bonds is 6. The van der Waals surface area contributed by atoms with Crippen molar-refractivity contribution in [2.45, 2.75) is 31.6 Å². The van der Waals surface area contributed by atoms with Gasteiger partial charge in [0.2, 0.25) is 0 Å². The molecule has 0 radical (unpaired) electrons. The first-order chi connectivity index (χ1) is 12.7. The summed E-state index contributed by atoms with van der Waals surface area (Å²) in [5.41, 5.74) is 7.65. The van der Waals surface area contributed by atoms with Crippen molar-refractivity contribution in [3.05, 3.63) is 65.7 Å². The Morgan fingerprint density at radius 2 is 1.88 bits per heavy atom. The van der Waals surface area contributed by atoms with Crippen LogP contribution in [0.2, 0.25) is 0 Å². The molecule has 138 valence electrons. The molecule has 2 atom stereocenters. The fourth-order valence-corrected chi connectivity index (χ4v) is 3.32. The normalized spacial score (nSPS) is 20.0. The van der Waals surface area contributed by atoms with Crippen LogP contribution >= 0.6 is 0 Å². The van der Waals surface area contributed by atoms with Gasteiger partial charge in [0.15, 0.2) is 0 Å². The Kier molecular flexibility index (Phi) is 6.26. The molecule has 2 aromatic rings. The molecule has 1 amide bonds. The van der Waals surface area contributed by atoms with E-state index in [0.29, 0.717) is 25.3 Å². The Bertz CT molecular complexity index is 703. The summed E-state index contributed by atoms with van der Waals surface area (Å²) in [7, 11) is 1.71. The van der Waals surface area contributed by atoms with Gasteiger partial charge in [-0.2, -0.15) is 0 Å². The van der Waals surface area contributed by atoms with Crippen LogP contribution < -0.4 is 10.5 Å². The van der Waals surface area contributed by atoms with E-state index < -0.39 is 0 Å². The molecule has 2 unspecified atom stereocenters. The van der Waals surface area contributed by atoms with E-state index in [0.717, 1.165) is 24.2 Å². The van der Waals surface area contributed by atoms with Crippen LogP contribution in [0.15, 0.2) is 54.6 Å². The van der Waals surface area contributed by atoms with Gasteiger partial charge in [0, 0.05) is 31.8 Å². The average molecular weight is 354 g/mol. The van der Waals surface area contributed by atoms with Gasteiger partial charge >= 0.3 is 0 Å². The number of nitrogens with two attached hydrogens (primary N) is 1. The van der Waals surface area contributed by atoms with Crippen LogP contribution in [0.25, 0.3) is 0 Å². The largest absolute Gasteiger partial charge is 0.489 e. The second-order valence-electron chi connectivity index (χ2n) is 6.57. The molecule has 0 aliphatic carbocycles. The molecule has 1 aliphatic rings. The van der Waals surface area contributed by atoms with Crippen molar-refractivity contribution in [3.63, 3.8) is 0 Å². The van der Waals surface area contributed by atoms with Crippen LogP contribution in [0.3, 0.4) is 0 Å². The van der Waals surface area contributed by atoms with E-state index in [2.05, 4.69) is 0 Å². The van der Waals surface area contributed by atoms with E-state index in [1.165, 1.54) is 0 Å². The lowest BCUT2D eigenvalue weighted by Crippen LogP contribution is -2.51. The number of ether oxygens (including phenoxy) is 2. The maximum Gasteiger partial charge on any atom is 0.254 e. The number of likely N-dealkylation sites (tertiary alicyclic amines) is 1. The maximum absolute atomic E-state index is 12.8. The minimum Gasteiger partial charge on any atom is -0.489 e. The third-order valence-electron chi connectivity index (χ3n) is 4.88. The lowest BCUT2D eigenvalue weighted by molar-refractivity contribution is 0.0139. The SMILES string of the molecule is COC1CCN(C(=O)c2ccc(OCc3ccccc3)cc2)C(CN)C1. The zero-order chi connectivity index (χ0) is 18.4. The topological polar surface area (TPSA) is 64.8 Å². The van der Waals surface area contributed by atoms with Crippen molar-refractivity contribution in [3.8, 4) is 5.75 Å². The van der Waals surface area contributed by atoms with Crippen LogP contribution in [0.5, 0.6) is 5.75 Å². The number of benzene rings is 2. The lowest BCUT2D eigenvalue weighted by atomic mass is 9.98. The molecular weight excluding hydrogens is 328 g/mol. The lowest BCUT2D eigenvalue weighted by Gasteiger charge is -2.38. The summed E-state index contributed by atoms with van der Waals surface area (Å²) in [6.45, 7) is 1.63. The van der Waals surface area contributed by atoms with Crippen LogP contribution in [-0.2, 0) is 11.3 Å². The maximum atomic E-state index is 12.8. The second-order valence-corrected chi connectivity index (χ2v) is 6.57. The Balaban J connectivity index is 1.61. The first-order valence-corrected chi connectivity index (χ1v) is 9.02. The molecule has 26 heavy (non-hydrogen) atoms. The fourth-order valence-electron chi connectivity index (χ4n) is 3.32. The summed E-state index contributed by atoms with van der Waals surface area (Å²) in [6, 6.07) is 17.3. The van der Waals surface area contributed by atoms with Gasteiger partial charge in [0.1, 0.15) is 12.4 Å². The van der Waals surface area contributed by atoms with Gasteiger partial charge in [-0.15, -0.1) is 0 Å². The smallest absolute Gasteiger partial charge is 0.254 e. The minimum absolute atomic E-state index is 0.0182. The summed E-state index contributed by atoms with van der Waals surface area (Å²) >= 11 is 0. The Morgan fingerprint density at radius 3 is 2.54 bits per heavy atom. The number of carbonyl (C=O) groups is 1. The summed E-state index contributed by atoms with van der Waals surface area (Å²) in [5.74, 6) is 0.767. The van der Waals surface area contributed by atoms with Crippen molar-refractivity contribution in [2.75, 3.05) is 20.2 Å². The zero-order valence-electron chi connectivity index (χ0n) is 15.1. The molecule has 0 bridgehead atoms. The van der Waals surface area contributed by atoms with Gasteiger partial charge in [-0.1, -0.05) is 30.3 Å². The van der Waals surface area contributed by atoms with Crippen molar-refractivity contribution < 1.29 is 14.3 Å². The van der Waals surface area contributed by atoms with Gasteiger partial charge in [-0.25, -0.2) is 0 Å². The number of hydrogen-bond donors (Lipinski definition) is 1. The number of nitrogens with zero attached hydrogens (tertiary/aromatic N) is 1. The first kappa shape index (κ1) is 18.4. The predicted octanol–water partition coefficient (Wildman–Crippen LogP) is 2.84. The molecule has 3 rings (SSSR count). The van der Waals surface area contributed by atoms with E-state index >= 15 is 0 Å². The van der Waals surface area contributed by atoms with Crippen LogP contribution in [0, 0.1) is 0 Å². The highest BCUT2D eigenvalue weighted by molar-refractivity contribution is 5.94. The molecule has 1 saturated heterocycles. The van der Waals surface area contributed by atoms with Crippen LogP contribution in [-0.4, -0.2) is 43.2 Å². The monoisotopic (exact) mass is 354 g/mol. The number of piperidine rings is 1. The average Bonchev–Trinajstić information content (AvgIpc) is 2.72. The van der Waals surface area contributed by atoms with Crippen LogP contribution in [0.1, 0.15) is 28.8 Å². The standard InChI is InChI=1S/C21H26N2O3/c1-25-20-11-12-23(18(13-20)14-22)21(24)17-7-9-19(10-8-17)26-15-16-5-3-2-4-6-16/h2-10,18,20H,11-15,22H2,1H3. The van der Waals surface area contributed by atoms with Gasteiger partial charge in [-0.3, -0.25) is 4.79 Å². The number of amides is 1. The van der Waals surface area contributed by atoms with E-state index in [1.54, 1.807) is 7.11 Å². The van der Waals surface area contributed by atoms with E-state index in [4.69, 9.17) is 15.2 Å². The molecule has 0 aromatic heterocycles. The third kappa shape index (κ3) is 4.42. The molecule has 5 nitrogen and oxygen atoms in total. The number of methoxy groups -OCH3 is 1. The van der Waals surface area contributed by atoms with Gasteiger partial charge in [-0.05, 0) is 42.7 Å². The Hall–Kier alpha value is -2.37. The Labute approximate surface area is 154 Å². The second kappa shape index (κ2) is 8.83. The highest BCUT2D eigenvalue weighted by atomic mass is 16.5. The summed E-state index contributed by atoms with van der Waals surface area (Å²) in [6.07, 6.45) is 1.81. The minimum atomic E-state index is 0.0182. The van der Waals surface area contributed by atoms with Crippen molar-refractivity contribution in [2.24, 2.45) is 5.73 Å². The van der Waals surface area contributed by atoms with Gasteiger partial charge < -0.3 is 20.1 Å². The molecule has 2 N–H and O–H groups in total. The number of hydrogen-bond acceptors (Lipinski definition) is 4. The van der Waals surface area contributed by atoms with Gasteiger partial charge in [0.05, 0.1) is 6.10 Å². The molecule has 1 fully saturated rings. The molecule has 1 heterocycles. The highest BCUT2D eigenvalue weighted by Gasteiger charge is 2.31. The molecule has 0 saturated carbocycles. The predicted molar refractivity (Wildman–Crippen MR) is 101 cm³/mol. The summed E-state index contributed by atoms with van der Waals surface area (Å²) in [4.78, 5) is 14.7. The molecule has 1 aliphatic heterocycles. The summed E-state index contributed by atoms with van der Waals surface area (Å²) in [5, 5.41) is 0. The van der Waals surface area contributed by atoms with Crippen LogP contribution in [0.4, 0.5) is 0 Å². The molecular formula is C21H26N2O3. The van der Waals surface area contributed by atoms with Crippen molar-refractivity contribution in [1.29, 1.82) is 0 Å². The number of carbonyl (C=O) groups excluding carboxylic acids is 1. The van der Waals surface area contributed by atoms with Gasteiger partial charge in [0.25, 0.3) is 5.91 Å². The first-order valence-electron chi connectivity index (χ1n) is 9.02. The molecule has 2 aromatic carbocycles. The van der Waals surface area contributed by atoms with E-state index in [-0.39, 0.29) is 18.1 Å². The Morgan fingerprint density at radius 1 is 1.15 bits per heavy atom. The zero-order valence-corrected chi connectivity index (χ0v) is 15.1. The van der Waals surface area contributed by atoms with Crippen molar-refractivity contribution >= 4 is 5.91 Å². The third-order valence-corrected chi connectivity index (χ3v) is 4.88. The molecule has 0 spiro atoms. The highest BCUT2D eigenvalue weighted by Crippen LogP contribution is 2.22.